The van der Waals surface area contributed by atoms with Gasteiger partial charge in [-0.2, -0.15) is 0 Å². The number of hydrogen-bond donors (Lipinski definition) is 2. The van der Waals surface area contributed by atoms with Crippen molar-refractivity contribution >= 4 is 42.8 Å². The van der Waals surface area contributed by atoms with Gasteiger partial charge in [0.25, 0.3) is 31.4 Å². The fourth-order valence-electron chi connectivity index (χ4n) is 2.85. The molecule has 17 heteroatoms. The highest BCUT2D eigenvalue weighted by Gasteiger charge is 2.27. The van der Waals surface area contributed by atoms with Crippen LogP contribution < -0.4 is 14.2 Å². The van der Waals surface area contributed by atoms with E-state index in [0.29, 0.717) is 30.3 Å². The number of benzene rings is 3. The highest BCUT2D eigenvalue weighted by molar-refractivity contribution is 7.93. The molecule has 2 N–H and O–H groups in total. The first-order valence-electron chi connectivity index (χ1n) is 9.37. The summed E-state index contributed by atoms with van der Waals surface area (Å²) in [5, 5.41) is 21.8. The molecule has 0 unspecified atom stereocenters. The SMILES string of the molecule is COc1ccc(S(=O)(=O)Nc2cc([N+](=O)[O-])ccc2F)cc1S(=O)(=O)Nc1cc([N+](=O)[O-])ccc1F. The minimum Gasteiger partial charge on any atom is -0.495 e. The number of rotatable bonds is 9. The molecule has 3 rings (SSSR count). The summed E-state index contributed by atoms with van der Waals surface area (Å²) in [6, 6.07) is 6.63. The zero-order valence-electron chi connectivity index (χ0n) is 17.8. The maximum Gasteiger partial charge on any atom is 0.271 e. The van der Waals surface area contributed by atoms with E-state index in [1.54, 1.807) is 9.44 Å². The van der Waals surface area contributed by atoms with Crippen LogP contribution in [0.2, 0.25) is 0 Å². The van der Waals surface area contributed by atoms with Gasteiger partial charge in [-0.25, -0.2) is 25.6 Å². The van der Waals surface area contributed by atoms with Crippen molar-refractivity contribution in [2.24, 2.45) is 0 Å². The number of nitro groups is 2. The summed E-state index contributed by atoms with van der Waals surface area (Å²) in [6.07, 6.45) is 0. The average molecular weight is 544 g/mol. The van der Waals surface area contributed by atoms with Crippen molar-refractivity contribution in [2.45, 2.75) is 9.79 Å². The lowest BCUT2D eigenvalue weighted by molar-refractivity contribution is -0.385. The molecule has 0 amide bonds. The molecule has 0 aliphatic carbocycles. The van der Waals surface area contributed by atoms with Crippen LogP contribution in [0, 0.1) is 31.9 Å². The number of anilines is 2. The Hall–Kier alpha value is -4.38. The molecule has 0 radical (unpaired) electrons. The number of nitrogens with zero attached hydrogens (tertiary/aromatic N) is 2. The molecule has 0 saturated heterocycles. The molecule has 190 valence electrons. The van der Waals surface area contributed by atoms with E-state index in [0.717, 1.165) is 31.4 Å². The van der Waals surface area contributed by atoms with E-state index in [1.807, 2.05) is 0 Å². The smallest absolute Gasteiger partial charge is 0.271 e. The van der Waals surface area contributed by atoms with Crippen molar-refractivity contribution in [3.05, 3.63) is 86.5 Å². The Morgan fingerprint density at radius 1 is 0.750 bits per heavy atom. The Labute approximate surface area is 201 Å². The third kappa shape index (κ3) is 5.47. The van der Waals surface area contributed by atoms with Gasteiger partial charge in [-0.1, -0.05) is 0 Å². The first-order valence-corrected chi connectivity index (χ1v) is 12.3. The molecule has 3 aromatic rings. The van der Waals surface area contributed by atoms with E-state index in [-0.39, 0.29) is 5.75 Å². The fourth-order valence-corrected chi connectivity index (χ4v) is 5.26. The minimum absolute atomic E-state index is 0.381. The van der Waals surface area contributed by atoms with Crippen molar-refractivity contribution in [3.63, 3.8) is 0 Å². The summed E-state index contributed by atoms with van der Waals surface area (Å²) >= 11 is 0. The van der Waals surface area contributed by atoms with E-state index in [4.69, 9.17) is 4.74 Å². The number of ether oxygens (including phenoxy) is 1. The molecule has 0 spiro atoms. The third-order valence-corrected chi connectivity index (χ3v) is 7.29. The van der Waals surface area contributed by atoms with Crippen LogP contribution in [-0.4, -0.2) is 33.8 Å². The lowest BCUT2D eigenvalue weighted by Crippen LogP contribution is -2.18. The van der Waals surface area contributed by atoms with Gasteiger partial charge in [0, 0.05) is 24.3 Å². The van der Waals surface area contributed by atoms with Gasteiger partial charge < -0.3 is 4.74 Å². The first-order chi connectivity index (χ1) is 16.7. The van der Waals surface area contributed by atoms with Crippen LogP contribution in [0.4, 0.5) is 31.5 Å². The third-order valence-electron chi connectivity index (χ3n) is 4.55. The number of methoxy groups -OCH3 is 1. The zero-order chi connectivity index (χ0) is 26.8. The minimum atomic E-state index is -4.80. The largest absolute Gasteiger partial charge is 0.495 e. The summed E-state index contributed by atoms with van der Waals surface area (Å²) in [6.45, 7) is 0. The summed E-state index contributed by atoms with van der Waals surface area (Å²) in [5.74, 6) is -2.68. The van der Waals surface area contributed by atoms with Crippen LogP contribution in [0.3, 0.4) is 0 Å². The number of hydrogen-bond acceptors (Lipinski definition) is 9. The summed E-state index contributed by atoms with van der Waals surface area (Å²) in [5.41, 5.74) is -2.81. The zero-order valence-corrected chi connectivity index (χ0v) is 19.5. The van der Waals surface area contributed by atoms with Crippen LogP contribution in [0.25, 0.3) is 0 Å². The number of non-ortho nitro benzene ring substituents is 2. The molecule has 0 aliphatic rings. The van der Waals surface area contributed by atoms with Gasteiger partial charge in [0.15, 0.2) is 0 Å². The van der Waals surface area contributed by atoms with Gasteiger partial charge in [-0.15, -0.1) is 0 Å². The second-order valence-corrected chi connectivity index (χ2v) is 10.2. The van der Waals surface area contributed by atoms with Gasteiger partial charge in [0.05, 0.1) is 33.2 Å². The Morgan fingerprint density at radius 2 is 1.22 bits per heavy atom. The van der Waals surface area contributed by atoms with Gasteiger partial charge in [0.2, 0.25) is 0 Å². The van der Waals surface area contributed by atoms with Crippen molar-refractivity contribution in [1.82, 2.24) is 0 Å². The van der Waals surface area contributed by atoms with Crippen LogP contribution in [0.5, 0.6) is 5.75 Å². The Morgan fingerprint density at radius 3 is 1.67 bits per heavy atom. The van der Waals surface area contributed by atoms with E-state index < -0.39 is 74.1 Å². The molecule has 0 aliphatic heterocycles. The predicted molar refractivity (Wildman–Crippen MR) is 121 cm³/mol. The average Bonchev–Trinajstić information content (AvgIpc) is 2.80. The maximum absolute atomic E-state index is 14.1. The quantitative estimate of drug-likeness (QED) is 0.300. The molecular formula is C19H14F2N4O9S2. The molecule has 0 heterocycles. The van der Waals surface area contributed by atoms with E-state index >= 15 is 0 Å². The van der Waals surface area contributed by atoms with Crippen LogP contribution in [0.1, 0.15) is 0 Å². The lowest BCUT2D eigenvalue weighted by atomic mass is 10.3. The Kier molecular flexibility index (Phi) is 7.07. The van der Waals surface area contributed by atoms with Crippen molar-refractivity contribution < 1.29 is 40.2 Å². The number of nitrogens with one attached hydrogen (secondary N) is 2. The van der Waals surface area contributed by atoms with Crippen molar-refractivity contribution in [3.8, 4) is 5.75 Å². The van der Waals surface area contributed by atoms with Gasteiger partial charge >= 0.3 is 0 Å². The van der Waals surface area contributed by atoms with Crippen LogP contribution >= 0.6 is 0 Å². The number of sulfonamides is 2. The van der Waals surface area contributed by atoms with Crippen molar-refractivity contribution in [2.75, 3.05) is 16.6 Å². The molecule has 0 fully saturated rings. The Balaban J connectivity index is 2.05. The lowest BCUT2D eigenvalue weighted by Gasteiger charge is -2.14. The normalized spacial score (nSPS) is 11.5. The molecule has 0 aromatic heterocycles. The van der Waals surface area contributed by atoms with E-state index in [2.05, 4.69) is 0 Å². The van der Waals surface area contributed by atoms with Crippen molar-refractivity contribution in [1.29, 1.82) is 0 Å². The van der Waals surface area contributed by atoms with Crippen LogP contribution in [-0.2, 0) is 20.0 Å². The topological polar surface area (TPSA) is 188 Å². The standard InChI is InChI=1S/C19H14F2N4O9S2/c1-34-18-7-4-13(35(30,31)22-16-8-11(24(26)27)2-5-14(16)20)10-19(18)36(32,33)23-17-9-12(25(28)29)3-6-15(17)21/h2-10,22-23H,1H3. The van der Waals surface area contributed by atoms with Crippen LogP contribution in [0.15, 0.2) is 64.4 Å². The highest BCUT2D eigenvalue weighted by Crippen LogP contribution is 2.31. The Bertz CT molecular complexity index is 1600. The first kappa shape index (κ1) is 26.2. The van der Waals surface area contributed by atoms with E-state index in [9.17, 15) is 45.8 Å². The molecule has 0 saturated carbocycles. The molecule has 36 heavy (non-hydrogen) atoms. The second kappa shape index (κ2) is 9.70. The number of nitro benzene ring substituents is 2. The molecule has 3 aromatic carbocycles. The highest BCUT2D eigenvalue weighted by atomic mass is 32.2. The van der Waals surface area contributed by atoms with Gasteiger partial charge in [-0.05, 0) is 30.3 Å². The molecule has 0 atom stereocenters. The molecule has 13 nitrogen and oxygen atoms in total. The maximum atomic E-state index is 14.1. The molecular weight excluding hydrogens is 530 g/mol. The monoisotopic (exact) mass is 544 g/mol. The van der Waals surface area contributed by atoms with Gasteiger partial charge in [0.1, 0.15) is 22.3 Å². The fraction of sp³-hybridized carbons (Fsp3) is 0.0526. The number of halogens is 2. The summed E-state index contributed by atoms with van der Waals surface area (Å²) in [7, 11) is -8.44. The molecule has 0 bridgehead atoms. The van der Waals surface area contributed by atoms with E-state index in [1.165, 1.54) is 0 Å². The van der Waals surface area contributed by atoms with Gasteiger partial charge in [-0.3, -0.25) is 29.7 Å². The second-order valence-electron chi connectivity index (χ2n) is 6.87. The predicted octanol–water partition coefficient (Wildman–Crippen LogP) is 3.39. The summed E-state index contributed by atoms with van der Waals surface area (Å²) < 4.78 is 88.2. The summed E-state index contributed by atoms with van der Waals surface area (Å²) in [4.78, 5) is 18.5.